The number of aryl methyl sites for hydroxylation is 1. The summed E-state index contributed by atoms with van der Waals surface area (Å²) in [4.78, 5) is 2.57. The Kier molecular flexibility index (Phi) is 5.51. The second kappa shape index (κ2) is 7.60. The van der Waals surface area contributed by atoms with Crippen LogP contribution in [0.5, 0.6) is 0 Å². The predicted molar refractivity (Wildman–Crippen MR) is 97.9 cm³/mol. The van der Waals surface area contributed by atoms with Crippen LogP contribution in [0.1, 0.15) is 24.1 Å². The van der Waals surface area contributed by atoms with E-state index in [1.54, 1.807) is 0 Å². The monoisotopic (exact) mass is 376 g/mol. The molecule has 0 unspecified atom stereocenters. The maximum Gasteiger partial charge on any atom is 0.0646 e. The van der Waals surface area contributed by atoms with Crippen molar-refractivity contribution in [1.29, 1.82) is 0 Å². The minimum Gasteiger partial charge on any atom is -0.319 e. The van der Waals surface area contributed by atoms with Crippen LogP contribution in [0.25, 0.3) is 5.69 Å². The van der Waals surface area contributed by atoms with Gasteiger partial charge in [0.1, 0.15) is 0 Å². The zero-order valence-electron chi connectivity index (χ0n) is 13.9. The van der Waals surface area contributed by atoms with Gasteiger partial charge < -0.3 is 5.32 Å². The first-order valence-electron chi connectivity index (χ1n) is 8.33. The zero-order chi connectivity index (χ0) is 16.2. The van der Waals surface area contributed by atoms with Crippen LogP contribution in [-0.2, 0) is 6.54 Å². The van der Waals surface area contributed by atoms with Gasteiger partial charge >= 0.3 is 0 Å². The fourth-order valence-corrected chi connectivity index (χ4v) is 3.63. The highest BCUT2D eigenvalue weighted by atomic mass is 79.9. The highest BCUT2D eigenvalue weighted by Crippen LogP contribution is 2.20. The van der Waals surface area contributed by atoms with Crippen molar-refractivity contribution in [1.82, 2.24) is 20.0 Å². The van der Waals surface area contributed by atoms with Gasteiger partial charge in [-0.1, -0.05) is 15.9 Å². The van der Waals surface area contributed by atoms with Crippen LogP contribution in [0.3, 0.4) is 0 Å². The number of piperidine rings is 1. The van der Waals surface area contributed by atoms with Crippen molar-refractivity contribution in [2.75, 3.05) is 26.7 Å². The number of rotatable bonds is 5. The SMILES string of the molecule is CNC[C@H]1CCCN(Cc2cn(-c3ccc(Br)cc3)nc2C)C1. The molecule has 1 aliphatic heterocycles. The van der Waals surface area contributed by atoms with E-state index in [-0.39, 0.29) is 0 Å². The summed E-state index contributed by atoms with van der Waals surface area (Å²) in [7, 11) is 2.05. The lowest BCUT2D eigenvalue weighted by atomic mass is 9.97. The molecule has 1 saturated heterocycles. The van der Waals surface area contributed by atoms with Crippen LogP contribution in [-0.4, -0.2) is 41.4 Å². The third-order valence-electron chi connectivity index (χ3n) is 4.58. The maximum absolute atomic E-state index is 4.69. The van der Waals surface area contributed by atoms with Gasteiger partial charge in [0.2, 0.25) is 0 Å². The van der Waals surface area contributed by atoms with E-state index in [4.69, 9.17) is 5.10 Å². The molecule has 2 aromatic rings. The lowest BCUT2D eigenvalue weighted by molar-refractivity contribution is 0.166. The second-order valence-corrected chi connectivity index (χ2v) is 7.38. The number of aromatic nitrogens is 2. The van der Waals surface area contributed by atoms with Crippen LogP contribution in [0.2, 0.25) is 0 Å². The Morgan fingerprint density at radius 3 is 2.83 bits per heavy atom. The third-order valence-corrected chi connectivity index (χ3v) is 5.11. The summed E-state index contributed by atoms with van der Waals surface area (Å²) < 4.78 is 3.08. The Bertz CT molecular complexity index is 633. The van der Waals surface area contributed by atoms with E-state index in [0.29, 0.717) is 0 Å². The second-order valence-electron chi connectivity index (χ2n) is 6.46. The molecule has 1 aromatic carbocycles. The minimum absolute atomic E-state index is 0.774. The molecule has 4 nitrogen and oxygen atoms in total. The number of nitrogens with one attached hydrogen (secondary N) is 1. The van der Waals surface area contributed by atoms with Crippen molar-refractivity contribution in [2.24, 2.45) is 5.92 Å². The van der Waals surface area contributed by atoms with Crippen molar-refractivity contribution < 1.29 is 0 Å². The van der Waals surface area contributed by atoms with E-state index < -0.39 is 0 Å². The normalized spacial score (nSPS) is 19.2. The Labute approximate surface area is 147 Å². The van der Waals surface area contributed by atoms with Gasteiger partial charge in [-0.15, -0.1) is 0 Å². The standard InChI is InChI=1S/C18H25BrN4/c1-14-16(12-22-9-3-4-15(11-22)10-20-2)13-23(21-14)18-7-5-17(19)6-8-18/h5-8,13,15,20H,3-4,9-12H2,1-2H3/t15-/m1/s1. The molecule has 1 aromatic heterocycles. The lowest BCUT2D eigenvalue weighted by Crippen LogP contribution is -2.38. The third kappa shape index (κ3) is 4.22. The smallest absolute Gasteiger partial charge is 0.0646 e. The molecule has 1 N–H and O–H groups in total. The molecule has 0 saturated carbocycles. The van der Waals surface area contributed by atoms with Crippen molar-refractivity contribution in [3.8, 4) is 5.69 Å². The number of benzene rings is 1. The summed E-state index contributed by atoms with van der Waals surface area (Å²) in [6, 6.07) is 8.28. The van der Waals surface area contributed by atoms with Crippen LogP contribution in [0.15, 0.2) is 34.9 Å². The van der Waals surface area contributed by atoms with E-state index in [1.165, 1.54) is 31.5 Å². The maximum atomic E-state index is 4.69. The highest BCUT2D eigenvalue weighted by Gasteiger charge is 2.20. The molecule has 1 atom stereocenters. The van der Waals surface area contributed by atoms with Gasteiger partial charge in [0, 0.05) is 29.3 Å². The summed E-state index contributed by atoms with van der Waals surface area (Å²) in [6.45, 7) is 6.61. The van der Waals surface area contributed by atoms with Gasteiger partial charge in [0.25, 0.3) is 0 Å². The summed E-state index contributed by atoms with van der Waals surface area (Å²) in [5.74, 6) is 0.774. The Balaban J connectivity index is 1.70. The molecule has 0 amide bonds. The molecule has 124 valence electrons. The molecule has 23 heavy (non-hydrogen) atoms. The molecule has 0 bridgehead atoms. The molecule has 0 spiro atoms. The summed E-state index contributed by atoms with van der Waals surface area (Å²) in [5.41, 5.74) is 3.57. The number of halogens is 1. The number of nitrogens with zero attached hydrogens (tertiary/aromatic N) is 3. The van der Waals surface area contributed by atoms with Crippen LogP contribution >= 0.6 is 15.9 Å². The van der Waals surface area contributed by atoms with Crippen LogP contribution < -0.4 is 5.32 Å². The van der Waals surface area contributed by atoms with E-state index in [9.17, 15) is 0 Å². The Morgan fingerprint density at radius 2 is 2.09 bits per heavy atom. The zero-order valence-corrected chi connectivity index (χ0v) is 15.5. The molecular formula is C18H25BrN4. The first-order chi connectivity index (χ1) is 11.2. The molecule has 5 heteroatoms. The molecule has 0 radical (unpaired) electrons. The van der Waals surface area contributed by atoms with Crippen molar-refractivity contribution >= 4 is 15.9 Å². The number of likely N-dealkylation sites (tertiary alicyclic amines) is 1. The van der Waals surface area contributed by atoms with E-state index in [1.807, 2.05) is 11.7 Å². The van der Waals surface area contributed by atoms with Gasteiger partial charge in [-0.3, -0.25) is 4.90 Å². The summed E-state index contributed by atoms with van der Waals surface area (Å²) in [6.07, 6.45) is 4.82. The summed E-state index contributed by atoms with van der Waals surface area (Å²) in [5, 5.41) is 8.01. The molecule has 1 aliphatic rings. The molecule has 1 fully saturated rings. The molecular weight excluding hydrogens is 352 g/mol. The van der Waals surface area contributed by atoms with Crippen molar-refractivity contribution in [2.45, 2.75) is 26.3 Å². The number of hydrogen-bond donors (Lipinski definition) is 1. The largest absolute Gasteiger partial charge is 0.319 e. The fourth-order valence-electron chi connectivity index (χ4n) is 3.37. The van der Waals surface area contributed by atoms with Gasteiger partial charge in [-0.2, -0.15) is 5.10 Å². The van der Waals surface area contributed by atoms with Crippen molar-refractivity contribution in [3.63, 3.8) is 0 Å². The van der Waals surface area contributed by atoms with Crippen molar-refractivity contribution in [3.05, 3.63) is 46.2 Å². The van der Waals surface area contributed by atoms with E-state index >= 15 is 0 Å². The van der Waals surface area contributed by atoms with Crippen LogP contribution in [0, 0.1) is 12.8 Å². The quantitative estimate of drug-likeness (QED) is 0.867. The van der Waals surface area contributed by atoms with Crippen LogP contribution in [0.4, 0.5) is 0 Å². The van der Waals surface area contributed by atoms with Gasteiger partial charge in [-0.05, 0) is 70.1 Å². The highest BCUT2D eigenvalue weighted by molar-refractivity contribution is 9.10. The van der Waals surface area contributed by atoms with Gasteiger partial charge in [0.15, 0.2) is 0 Å². The van der Waals surface area contributed by atoms with E-state index in [0.717, 1.165) is 34.9 Å². The first-order valence-corrected chi connectivity index (χ1v) is 9.13. The first kappa shape index (κ1) is 16.7. The van der Waals surface area contributed by atoms with E-state index in [2.05, 4.69) is 63.5 Å². The topological polar surface area (TPSA) is 33.1 Å². The minimum atomic E-state index is 0.774. The summed E-state index contributed by atoms with van der Waals surface area (Å²) >= 11 is 3.48. The molecule has 2 heterocycles. The Hall–Kier alpha value is -1.17. The molecule has 3 rings (SSSR count). The molecule has 0 aliphatic carbocycles. The average molecular weight is 377 g/mol. The predicted octanol–water partition coefficient (Wildman–Crippen LogP) is 3.37. The van der Waals surface area contributed by atoms with Gasteiger partial charge in [0.05, 0.1) is 11.4 Å². The fraction of sp³-hybridized carbons (Fsp3) is 0.500. The van der Waals surface area contributed by atoms with Gasteiger partial charge in [-0.25, -0.2) is 4.68 Å². The Morgan fingerprint density at radius 1 is 1.30 bits per heavy atom. The average Bonchev–Trinajstić information content (AvgIpc) is 2.90. The number of hydrogen-bond acceptors (Lipinski definition) is 3. The lowest BCUT2D eigenvalue weighted by Gasteiger charge is -2.32.